The third-order valence-corrected chi connectivity index (χ3v) is 3.18. The molecule has 0 fully saturated rings. The molecule has 0 amide bonds. The zero-order valence-electron chi connectivity index (χ0n) is 12.6. The molecule has 0 aromatic rings. The molecule has 0 unspecified atom stereocenters. The van der Waals surface area contributed by atoms with Gasteiger partial charge in [-0.2, -0.15) is 0 Å². The minimum absolute atomic E-state index is 0.838. The Morgan fingerprint density at radius 1 is 0.833 bits per heavy atom. The molecule has 2 heteroatoms. The van der Waals surface area contributed by atoms with Gasteiger partial charge in [0.2, 0.25) is 0 Å². The average molecular weight is 255 g/mol. The van der Waals surface area contributed by atoms with E-state index in [0.717, 1.165) is 6.61 Å². The van der Waals surface area contributed by atoms with Crippen molar-refractivity contribution in [2.75, 3.05) is 26.2 Å². The molecule has 108 valence electrons. The summed E-state index contributed by atoms with van der Waals surface area (Å²) in [5.41, 5.74) is 0. The summed E-state index contributed by atoms with van der Waals surface area (Å²) in [4.78, 5) is 2.61. The molecule has 0 rings (SSSR count). The lowest BCUT2D eigenvalue weighted by atomic mass is 10.1. The van der Waals surface area contributed by atoms with E-state index in [9.17, 15) is 0 Å². The zero-order valence-corrected chi connectivity index (χ0v) is 12.6. The molecule has 0 saturated heterocycles. The Labute approximate surface area is 114 Å². The predicted octanol–water partition coefficient (Wildman–Crippen LogP) is 4.61. The molecule has 0 aliphatic heterocycles. The quantitative estimate of drug-likeness (QED) is 0.332. The lowest BCUT2D eigenvalue weighted by Crippen LogP contribution is -2.26. The first-order chi connectivity index (χ1) is 8.85. The van der Waals surface area contributed by atoms with Crippen LogP contribution in [-0.4, -0.2) is 31.1 Å². The van der Waals surface area contributed by atoms with Crippen molar-refractivity contribution in [3.8, 4) is 0 Å². The van der Waals surface area contributed by atoms with Gasteiger partial charge in [0, 0.05) is 0 Å². The molecule has 0 radical (unpaired) electrons. The Morgan fingerprint density at radius 2 is 1.39 bits per heavy atom. The van der Waals surface area contributed by atoms with Crippen molar-refractivity contribution >= 4 is 0 Å². The van der Waals surface area contributed by atoms with Gasteiger partial charge in [-0.05, 0) is 45.3 Å². The van der Waals surface area contributed by atoms with Crippen LogP contribution >= 0.6 is 0 Å². The zero-order chi connectivity index (χ0) is 13.5. The van der Waals surface area contributed by atoms with E-state index < -0.39 is 0 Å². The Bertz CT molecular complexity index is 164. The number of unbranched alkanes of at least 4 members (excludes halogenated alkanes) is 5. The lowest BCUT2D eigenvalue weighted by molar-refractivity contribution is 0.241. The summed E-state index contributed by atoms with van der Waals surface area (Å²) < 4.78 is 5.10. The Kier molecular flexibility index (Phi) is 14.2. The van der Waals surface area contributed by atoms with Gasteiger partial charge in [-0.25, -0.2) is 0 Å². The van der Waals surface area contributed by atoms with E-state index in [-0.39, 0.29) is 0 Å². The van der Waals surface area contributed by atoms with Gasteiger partial charge in [0.1, 0.15) is 0 Å². The van der Waals surface area contributed by atoms with E-state index in [2.05, 4.69) is 25.3 Å². The molecule has 0 saturated carbocycles. The highest BCUT2D eigenvalue weighted by molar-refractivity contribution is 4.57. The van der Waals surface area contributed by atoms with Gasteiger partial charge in [-0.1, -0.05) is 46.1 Å². The fourth-order valence-electron chi connectivity index (χ4n) is 2.28. The monoisotopic (exact) mass is 255 g/mol. The molecule has 0 aromatic carbocycles. The first-order valence-corrected chi connectivity index (χ1v) is 7.80. The highest BCUT2D eigenvalue weighted by Crippen LogP contribution is 2.07. The third kappa shape index (κ3) is 12.0. The van der Waals surface area contributed by atoms with Crippen molar-refractivity contribution in [2.24, 2.45) is 0 Å². The summed E-state index contributed by atoms with van der Waals surface area (Å²) in [6.45, 7) is 12.8. The maximum absolute atomic E-state index is 5.10. The molecule has 0 aliphatic carbocycles. The van der Waals surface area contributed by atoms with Gasteiger partial charge in [0.25, 0.3) is 0 Å². The molecule has 0 heterocycles. The number of hydrogen-bond acceptors (Lipinski definition) is 2. The van der Waals surface area contributed by atoms with Crippen LogP contribution in [0.3, 0.4) is 0 Å². The summed E-state index contributed by atoms with van der Waals surface area (Å²) in [6.07, 6.45) is 12.0. The normalized spacial score (nSPS) is 10.8. The van der Waals surface area contributed by atoms with E-state index in [4.69, 9.17) is 4.74 Å². The maximum atomic E-state index is 5.10. The van der Waals surface area contributed by atoms with E-state index in [1.807, 2.05) is 0 Å². The SMILES string of the molecule is C=COCCCCCCCCN(CCC)CCC. The molecule has 18 heavy (non-hydrogen) atoms. The molecule has 0 bridgehead atoms. The Morgan fingerprint density at radius 3 is 1.94 bits per heavy atom. The number of rotatable bonds is 14. The second-order valence-electron chi connectivity index (χ2n) is 5.00. The summed E-state index contributed by atoms with van der Waals surface area (Å²) in [7, 11) is 0. The lowest BCUT2D eigenvalue weighted by Gasteiger charge is -2.20. The molecule has 0 N–H and O–H groups in total. The van der Waals surface area contributed by atoms with Crippen LogP contribution in [0.15, 0.2) is 12.8 Å². The molecule has 2 nitrogen and oxygen atoms in total. The van der Waals surface area contributed by atoms with E-state index >= 15 is 0 Å². The molecule has 0 aromatic heterocycles. The van der Waals surface area contributed by atoms with Crippen LogP contribution in [0, 0.1) is 0 Å². The standard InChI is InChI=1S/C16H33NO/c1-4-13-17(14-5-2)15-11-9-7-8-10-12-16-18-6-3/h6H,3-5,7-16H2,1-2H3. The van der Waals surface area contributed by atoms with Crippen LogP contribution in [0.5, 0.6) is 0 Å². The van der Waals surface area contributed by atoms with Crippen molar-refractivity contribution < 1.29 is 4.74 Å². The van der Waals surface area contributed by atoms with Crippen LogP contribution in [-0.2, 0) is 4.74 Å². The smallest absolute Gasteiger partial charge is 0.0873 e. The van der Waals surface area contributed by atoms with Gasteiger partial charge >= 0.3 is 0 Å². The van der Waals surface area contributed by atoms with Crippen molar-refractivity contribution in [3.05, 3.63) is 12.8 Å². The molecular formula is C16H33NO. The topological polar surface area (TPSA) is 12.5 Å². The number of ether oxygens (including phenoxy) is 1. The van der Waals surface area contributed by atoms with Gasteiger partial charge in [-0.3, -0.25) is 0 Å². The van der Waals surface area contributed by atoms with Gasteiger partial charge in [0.05, 0.1) is 12.9 Å². The summed E-state index contributed by atoms with van der Waals surface area (Å²) in [6, 6.07) is 0. The summed E-state index contributed by atoms with van der Waals surface area (Å²) >= 11 is 0. The van der Waals surface area contributed by atoms with E-state index in [0.29, 0.717) is 0 Å². The average Bonchev–Trinajstić information content (AvgIpc) is 2.37. The van der Waals surface area contributed by atoms with E-state index in [1.165, 1.54) is 77.3 Å². The van der Waals surface area contributed by atoms with Crippen molar-refractivity contribution in [1.29, 1.82) is 0 Å². The highest BCUT2D eigenvalue weighted by Gasteiger charge is 2.01. The van der Waals surface area contributed by atoms with Gasteiger partial charge in [-0.15, -0.1) is 0 Å². The van der Waals surface area contributed by atoms with Crippen molar-refractivity contribution in [1.82, 2.24) is 4.90 Å². The third-order valence-electron chi connectivity index (χ3n) is 3.18. The largest absolute Gasteiger partial charge is 0.502 e. The molecule has 0 atom stereocenters. The minimum atomic E-state index is 0.838. The minimum Gasteiger partial charge on any atom is -0.502 e. The first kappa shape index (κ1) is 17.5. The molecule has 0 spiro atoms. The Hall–Kier alpha value is -0.500. The molecular weight excluding hydrogens is 222 g/mol. The second kappa shape index (κ2) is 14.6. The highest BCUT2D eigenvalue weighted by atomic mass is 16.5. The van der Waals surface area contributed by atoms with Gasteiger partial charge < -0.3 is 9.64 Å². The fourth-order valence-corrected chi connectivity index (χ4v) is 2.28. The van der Waals surface area contributed by atoms with Crippen molar-refractivity contribution in [3.63, 3.8) is 0 Å². The van der Waals surface area contributed by atoms with Crippen LogP contribution in [0.25, 0.3) is 0 Å². The number of nitrogens with zero attached hydrogens (tertiary/aromatic N) is 1. The summed E-state index contributed by atoms with van der Waals surface area (Å²) in [5, 5.41) is 0. The van der Waals surface area contributed by atoms with Crippen LogP contribution in [0.4, 0.5) is 0 Å². The molecule has 0 aliphatic rings. The van der Waals surface area contributed by atoms with Crippen molar-refractivity contribution in [2.45, 2.75) is 65.2 Å². The number of hydrogen-bond donors (Lipinski definition) is 0. The first-order valence-electron chi connectivity index (χ1n) is 7.80. The fraction of sp³-hybridized carbons (Fsp3) is 0.875. The summed E-state index contributed by atoms with van der Waals surface area (Å²) in [5.74, 6) is 0. The van der Waals surface area contributed by atoms with Crippen LogP contribution in [0.1, 0.15) is 65.2 Å². The Balaban J connectivity index is 3.24. The second-order valence-corrected chi connectivity index (χ2v) is 5.00. The predicted molar refractivity (Wildman–Crippen MR) is 80.9 cm³/mol. The van der Waals surface area contributed by atoms with Gasteiger partial charge in [0.15, 0.2) is 0 Å². The van der Waals surface area contributed by atoms with E-state index in [1.54, 1.807) is 0 Å². The maximum Gasteiger partial charge on any atom is 0.0873 e. The van der Waals surface area contributed by atoms with Crippen LogP contribution < -0.4 is 0 Å². The van der Waals surface area contributed by atoms with Crippen LogP contribution in [0.2, 0.25) is 0 Å².